The summed E-state index contributed by atoms with van der Waals surface area (Å²) in [7, 11) is 0. The lowest BCUT2D eigenvalue weighted by atomic mass is 10.1. The van der Waals surface area contributed by atoms with Crippen LogP contribution in [0.25, 0.3) is 33.5 Å². The third-order valence-corrected chi connectivity index (χ3v) is 3.85. The molecule has 23 heavy (non-hydrogen) atoms. The molecule has 4 heteroatoms. The molecule has 0 unspecified atom stereocenters. The number of aromatic hydroxyl groups is 1. The van der Waals surface area contributed by atoms with Crippen LogP contribution in [0.4, 0.5) is 0 Å². The Balaban J connectivity index is 1.88. The van der Waals surface area contributed by atoms with Gasteiger partial charge in [-0.3, -0.25) is 0 Å². The molecule has 0 saturated heterocycles. The van der Waals surface area contributed by atoms with E-state index in [9.17, 15) is 5.11 Å². The highest BCUT2D eigenvalue weighted by molar-refractivity contribution is 5.84. The van der Waals surface area contributed by atoms with Gasteiger partial charge in [0.25, 0.3) is 0 Å². The molecule has 2 heterocycles. The van der Waals surface area contributed by atoms with Crippen molar-refractivity contribution in [1.29, 1.82) is 0 Å². The van der Waals surface area contributed by atoms with Crippen molar-refractivity contribution < 1.29 is 5.11 Å². The second kappa shape index (κ2) is 5.25. The number of para-hydroxylation sites is 1. The highest BCUT2D eigenvalue weighted by atomic mass is 16.3. The van der Waals surface area contributed by atoms with Crippen molar-refractivity contribution in [3.8, 4) is 28.4 Å². The largest absolute Gasteiger partial charge is 0.507 e. The Morgan fingerprint density at radius 3 is 2.70 bits per heavy atom. The lowest BCUT2D eigenvalue weighted by Gasteiger charge is -2.08. The van der Waals surface area contributed by atoms with E-state index in [1.54, 1.807) is 12.1 Å². The summed E-state index contributed by atoms with van der Waals surface area (Å²) in [5.74, 6) is 0.720. The average molecular weight is 301 g/mol. The summed E-state index contributed by atoms with van der Waals surface area (Å²) in [5.41, 5.74) is 4.47. The van der Waals surface area contributed by atoms with Crippen molar-refractivity contribution in [2.24, 2.45) is 0 Å². The molecule has 4 aromatic rings. The first-order valence-electron chi connectivity index (χ1n) is 7.42. The fourth-order valence-electron chi connectivity index (χ4n) is 2.71. The Hall–Kier alpha value is -3.14. The zero-order valence-corrected chi connectivity index (χ0v) is 12.6. The fourth-order valence-corrected chi connectivity index (χ4v) is 2.71. The second-order valence-corrected chi connectivity index (χ2v) is 5.52. The number of hydrogen-bond donors (Lipinski definition) is 2. The SMILES string of the molecule is Cc1cc(-c2ccc3[nH]ccc3c2)nc(-c2ccccc2O)n1. The summed E-state index contributed by atoms with van der Waals surface area (Å²) < 4.78 is 0. The number of H-pyrrole nitrogens is 1. The van der Waals surface area contributed by atoms with Crippen molar-refractivity contribution in [3.63, 3.8) is 0 Å². The molecule has 112 valence electrons. The van der Waals surface area contributed by atoms with Gasteiger partial charge in [-0.2, -0.15) is 0 Å². The Labute approximate surface area is 133 Å². The first-order chi connectivity index (χ1) is 11.2. The van der Waals surface area contributed by atoms with Gasteiger partial charge >= 0.3 is 0 Å². The molecule has 2 N–H and O–H groups in total. The molecule has 0 aliphatic carbocycles. The van der Waals surface area contributed by atoms with Crippen LogP contribution in [0.15, 0.2) is 60.8 Å². The van der Waals surface area contributed by atoms with Crippen LogP contribution in [-0.2, 0) is 0 Å². The fraction of sp³-hybridized carbons (Fsp3) is 0.0526. The predicted molar refractivity (Wildman–Crippen MR) is 91.2 cm³/mol. The maximum Gasteiger partial charge on any atom is 0.163 e. The minimum absolute atomic E-state index is 0.185. The normalized spacial score (nSPS) is 11.0. The van der Waals surface area contributed by atoms with E-state index in [0.717, 1.165) is 27.9 Å². The van der Waals surface area contributed by atoms with Gasteiger partial charge in [-0.1, -0.05) is 18.2 Å². The number of aryl methyl sites for hydroxylation is 1. The summed E-state index contributed by atoms with van der Waals surface area (Å²) >= 11 is 0. The van der Waals surface area contributed by atoms with Gasteiger partial charge in [0.15, 0.2) is 5.82 Å². The average Bonchev–Trinajstić information content (AvgIpc) is 3.02. The number of phenols is 1. The first kappa shape index (κ1) is 13.5. The molecule has 0 aliphatic rings. The highest BCUT2D eigenvalue weighted by Crippen LogP contribution is 2.29. The van der Waals surface area contributed by atoms with E-state index in [4.69, 9.17) is 0 Å². The highest BCUT2D eigenvalue weighted by Gasteiger charge is 2.10. The number of phenolic OH excluding ortho intramolecular Hbond substituents is 1. The summed E-state index contributed by atoms with van der Waals surface area (Å²) in [6, 6.07) is 17.3. The van der Waals surface area contributed by atoms with Crippen molar-refractivity contribution >= 4 is 10.9 Å². The summed E-state index contributed by atoms with van der Waals surface area (Å²) in [4.78, 5) is 12.3. The van der Waals surface area contributed by atoms with E-state index in [-0.39, 0.29) is 5.75 Å². The molecule has 0 spiro atoms. The molecular formula is C19H15N3O. The van der Waals surface area contributed by atoms with Gasteiger partial charge in [-0.15, -0.1) is 0 Å². The van der Waals surface area contributed by atoms with Gasteiger partial charge in [0.1, 0.15) is 5.75 Å². The summed E-state index contributed by atoms with van der Waals surface area (Å²) in [5, 5.41) is 11.2. The van der Waals surface area contributed by atoms with Crippen LogP contribution >= 0.6 is 0 Å². The zero-order chi connectivity index (χ0) is 15.8. The van der Waals surface area contributed by atoms with Crippen LogP contribution in [-0.4, -0.2) is 20.1 Å². The van der Waals surface area contributed by atoms with Crippen LogP contribution in [0.5, 0.6) is 5.75 Å². The number of aromatic nitrogens is 3. The molecule has 0 fully saturated rings. The monoisotopic (exact) mass is 301 g/mol. The molecule has 4 nitrogen and oxygen atoms in total. The van der Waals surface area contributed by atoms with Crippen LogP contribution in [0.2, 0.25) is 0 Å². The molecule has 4 rings (SSSR count). The van der Waals surface area contributed by atoms with E-state index < -0.39 is 0 Å². The van der Waals surface area contributed by atoms with Gasteiger partial charge in [-0.25, -0.2) is 9.97 Å². The van der Waals surface area contributed by atoms with E-state index in [1.807, 2.05) is 49.5 Å². The Kier molecular flexibility index (Phi) is 3.08. The quantitative estimate of drug-likeness (QED) is 0.580. The Bertz CT molecular complexity index is 1000. The van der Waals surface area contributed by atoms with Crippen molar-refractivity contribution in [3.05, 3.63) is 66.5 Å². The van der Waals surface area contributed by atoms with Crippen LogP contribution in [0.1, 0.15) is 5.69 Å². The molecule has 0 atom stereocenters. The summed E-state index contributed by atoms with van der Waals surface area (Å²) in [6.07, 6.45) is 1.92. The maximum absolute atomic E-state index is 10.0. The van der Waals surface area contributed by atoms with Gasteiger partial charge in [-0.05, 0) is 43.3 Å². The van der Waals surface area contributed by atoms with Crippen LogP contribution in [0, 0.1) is 6.92 Å². The smallest absolute Gasteiger partial charge is 0.163 e. The Morgan fingerprint density at radius 2 is 1.83 bits per heavy atom. The predicted octanol–water partition coefficient (Wildman–Crippen LogP) is 4.31. The standard InChI is InChI=1S/C19H15N3O/c1-12-10-17(13-6-7-16-14(11-13)8-9-20-16)22-19(21-12)15-4-2-3-5-18(15)23/h2-11,20,23H,1H3. The third kappa shape index (κ3) is 2.44. The minimum atomic E-state index is 0.185. The van der Waals surface area contributed by atoms with Gasteiger partial charge in [0, 0.05) is 28.4 Å². The lowest BCUT2D eigenvalue weighted by Crippen LogP contribution is -1.95. The van der Waals surface area contributed by atoms with Crippen molar-refractivity contribution in [1.82, 2.24) is 15.0 Å². The summed E-state index contributed by atoms with van der Waals surface area (Å²) in [6.45, 7) is 1.93. The van der Waals surface area contributed by atoms with Crippen LogP contribution in [0.3, 0.4) is 0 Å². The number of nitrogens with zero attached hydrogens (tertiary/aromatic N) is 2. The maximum atomic E-state index is 10.0. The molecule has 0 radical (unpaired) electrons. The van der Waals surface area contributed by atoms with E-state index in [0.29, 0.717) is 11.4 Å². The van der Waals surface area contributed by atoms with Crippen LogP contribution < -0.4 is 0 Å². The number of hydrogen-bond acceptors (Lipinski definition) is 3. The topological polar surface area (TPSA) is 61.8 Å². The molecule has 0 saturated carbocycles. The second-order valence-electron chi connectivity index (χ2n) is 5.52. The van der Waals surface area contributed by atoms with E-state index in [2.05, 4.69) is 21.0 Å². The number of nitrogens with one attached hydrogen (secondary N) is 1. The zero-order valence-electron chi connectivity index (χ0n) is 12.6. The van der Waals surface area contributed by atoms with Crippen molar-refractivity contribution in [2.45, 2.75) is 6.92 Å². The molecule has 2 aromatic heterocycles. The molecule has 2 aromatic carbocycles. The molecule has 0 amide bonds. The van der Waals surface area contributed by atoms with E-state index >= 15 is 0 Å². The minimum Gasteiger partial charge on any atom is -0.507 e. The van der Waals surface area contributed by atoms with E-state index in [1.165, 1.54) is 0 Å². The number of aromatic amines is 1. The molecular weight excluding hydrogens is 286 g/mol. The Morgan fingerprint density at radius 1 is 0.957 bits per heavy atom. The number of benzene rings is 2. The number of rotatable bonds is 2. The first-order valence-corrected chi connectivity index (χ1v) is 7.42. The third-order valence-electron chi connectivity index (χ3n) is 3.85. The molecule has 0 aliphatic heterocycles. The lowest BCUT2D eigenvalue weighted by molar-refractivity contribution is 0.477. The van der Waals surface area contributed by atoms with Gasteiger partial charge in [0.05, 0.1) is 11.3 Å². The molecule has 0 bridgehead atoms. The van der Waals surface area contributed by atoms with Gasteiger partial charge < -0.3 is 10.1 Å². The number of fused-ring (bicyclic) bond motifs is 1. The van der Waals surface area contributed by atoms with Crippen molar-refractivity contribution in [2.75, 3.05) is 0 Å². The van der Waals surface area contributed by atoms with Gasteiger partial charge in [0.2, 0.25) is 0 Å².